The van der Waals surface area contributed by atoms with Gasteiger partial charge in [0.1, 0.15) is 5.75 Å². The highest BCUT2D eigenvalue weighted by Crippen LogP contribution is 2.32. The van der Waals surface area contributed by atoms with Crippen molar-refractivity contribution >= 4 is 17.8 Å². The van der Waals surface area contributed by atoms with E-state index in [1.807, 2.05) is 36.1 Å². The number of methoxy groups -OCH3 is 1. The van der Waals surface area contributed by atoms with E-state index in [2.05, 4.69) is 5.32 Å². The van der Waals surface area contributed by atoms with Crippen molar-refractivity contribution in [2.24, 2.45) is 17.8 Å². The normalized spacial score (nSPS) is 17.9. The van der Waals surface area contributed by atoms with Crippen LogP contribution in [0, 0.1) is 17.8 Å². The summed E-state index contributed by atoms with van der Waals surface area (Å²) in [5.41, 5.74) is 0.981. The van der Waals surface area contributed by atoms with Crippen molar-refractivity contribution in [3.8, 4) is 5.75 Å². The van der Waals surface area contributed by atoms with Crippen molar-refractivity contribution < 1.29 is 23.9 Å². The maximum Gasteiger partial charge on any atom is 0.310 e. The second kappa shape index (κ2) is 10.5. The standard InChI is InChI=1S/C23H32N2O5/c1-3-30-20-8-4-16(5-9-20)14-19(23(28)29-2)15-24-21(26)17-10-12-25(13-11-17)22(27)18-6-7-18/h4-5,8-9,17-19H,3,6-7,10-15H2,1-2H3,(H,24,26)/t19-/m1/s1. The Kier molecular flexibility index (Phi) is 7.71. The monoisotopic (exact) mass is 416 g/mol. The van der Waals surface area contributed by atoms with E-state index in [-0.39, 0.29) is 36.2 Å². The van der Waals surface area contributed by atoms with Gasteiger partial charge in [0.05, 0.1) is 19.6 Å². The van der Waals surface area contributed by atoms with E-state index in [4.69, 9.17) is 9.47 Å². The minimum Gasteiger partial charge on any atom is -0.494 e. The number of amides is 2. The lowest BCUT2D eigenvalue weighted by molar-refractivity contribution is -0.145. The van der Waals surface area contributed by atoms with Gasteiger partial charge in [0, 0.05) is 31.5 Å². The van der Waals surface area contributed by atoms with Gasteiger partial charge in [-0.1, -0.05) is 12.1 Å². The first kappa shape index (κ1) is 22.1. The number of hydrogen-bond acceptors (Lipinski definition) is 5. The molecule has 1 saturated carbocycles. The lowest BCUT2D eigenvalue weighted by Gasteiger charge is -2.31. The Balaban J connectivity index is 1.48. The molecule has 1 atom stereocenters. The molecular weight excluding hydrogens is 384 g/mol. The molecule has 1 N–H and O–H groups in total. The third-order valence-corrected chi connectivity index (χ3v) is 5.88. The maximum atomic E-state index is 12.6. The first-order valence-electron chi connectivity index (χ1n) is 10.9. The van der Waals surface area contributed by atoms with Crippen LogP contribution in [-0.2, 0) is 25.5 Å². The van der Waals surface area contributed by atoms with Crippen LogP contribution in [0.5, 0.6) is 5.75 Å². The summed E-state index contributed by atoms with van der Waals surface area (Å²) >= 11 is 0. The second-order valence-corrected chi connectivity index (χ2v) is 8.12. The van der Waals surface area contributed by atoms with Crippen LogP contribution in [0.3, 0.4) is 0 Å². The number of benzene rings is 1. The van der Waals surface area contributed by atoms with Crippen LogP contribution in [0.15, 0.2) is 24.3 Å². The number of ether oxygens (including phenoxy) is 2. The van der Waals surface area contributed by atoms with E-state index in [1.54, 1.807) is 0 Å². The predicted molar refractivity (Wildman–Crippen MR) is 112 cm³/mol. The number of esters is 1. The maximum absolute atomic E-state index is 12.6. The zero-order valence-corrected chi connectivity index (χ0v) is 17.9. The molecule has 1 aliphatic carbocycles. The van der Waals surface area contributed by atoms with E-state index in [0.29, 0.717) is 39.0 Å². The Morgan fingerprint density at radius 1 is 1.07 bits per heavy atom. The molecule has 0 spiro atoms. The third-order valence-electron chi connectivity index (χ3n) is 5.88. The quantitative estimate of drug-likeness (QED) is 0.624. The van der Waals surface area contributed by atoms with Gasteiger partial charge in [-0.3, -0.25) is 14.4 Å². The first-order valence-corrected chi connectivity index (χ1v) is 10.9. The first-order chi connectivity index (χ1) is 14.5. The number of likely N-dealkylation sites (tertiary alicyclic amines) is 1. The lowest BCUT2D eigenvalue weighted by Crippen LogP contribution is -2.45. The van der Waals surface area contributed by atoms with Crippen LogP contribution in [-0.4, -0.2) is 56.0 Å². The summed E-state index contributed by atoms with van der Waals surface area (Å²) in [6, 6.07) is 7.61. The molecule has 1 aromatic rings. The van der Waals surface area contributed by atoms with Gasteiger partial charge < -0.3 is 19.7 Å². The molecule has 1 saturated heterocycles. The van der Waals surface area contributed by atoms with Crippen molar-refractivity contribution in [1.29, 1.82) is 0 Å². The summed E-state index contributed by atoms with van der Waals surface area (Å²) in [6.45, 7) is 4.04. The van der Waals surface area contributed by atoms with Gasteiger partial charge in [-0.2, -0.15) is 0 Å². The van der Waals surface area contributed by atoms with Gasteiger partial charge in [0.25, 0.3) is 0 Å². The van der Waals surface area contributed by atoms with E-state index < -0.39 is 5.92 Å². The summed E-state index contributed by atoms with van der Waals surface area (Å²) in [5.74, 6) is 0.304. The van der Waals surface area contributed by atoms with Crippen molar-refractivity contribution in [1.82, 2.24) is 10.2 Å². The molecule has 0 unspecified atom stereocenters. The zero-order chi connectivity index (χ0) is 21.5. The number of piperidine rings is 1. The zero-order valence-electron chi connectivity index (χ0n) is 17.9. The fourth-order valence-electron chi connectivity index (χ4n) is 3.90. The number of hydrogen-bond donors (Lipinski definition) is 1. The molecule has 3 rings (SSSR count). The summed E-state index contributed by atoms with van der Waals surface area (Å²) in [7, 11) is 1.36. The Morgan fingerprint density at radius 3 is 2.30 bits per heavy atom. The summed E-state index contributed by atoms with van der Waals surface area (Å²) in [6.07, 6.45) is 3.83. The fraction of sp³-hybridized carbons (Fsp3) is 0.609. The average molecular weight is 417 g/mol. The van der Waals surface area contributed by atoms with Gasteiger partial charge in [0.2, 0.25) is 11.8 Å². The van der Waals surface area contributed by atoms with Crippen molar-refractivity contribution in [3.05, 3.63) is 29.8 Å². The minimum atomic E-state index is -0.451. The molecule has 0 aromatic heterocycles. The molecule has 1 aromatic carbocycles. The highest BCUT2D eigenvalue weighted by atomic mass is 16.5. The largest absolute Gasteiger partial charge is 0.494 e. The van der Waals surface area contributed by atoms with Crippen LogP contribution in [0.2, 0.25) is 0 Å². The van der Waals surface area contributed by atoms with Crippen LogP contribution in [0.1, 0.15) is 38.2 Å². The number of carbonyl (C=O) groups is 3. The predicted octanol–water partition coefficient (Wildman–Crippen LogP) is 2.18. The number of rotatable bonds is 9. The molecule has 2 amide bonds. The Morgan fingerprint density at radius 2 is 1.73 bits per heavy atom. The molecule has 2 fully saturated rings. The van der Waals surface area contributed by atoms with Gasteiger partial charge in [-0.05, 0) is 56.7 Å². The summed E-state index contributed by atoms with van der Waals surface area (Å²) < 4.78 is 10.4. The molecule has 7 heteroatoms. The van der Waals surface area contributed by atoms with E-state index in [0.717, 1.165) is 24.2 Å². The van der Waals surface area contributed by atoms with Crippen molar-refractivity contribution in [3.63, 3.8) is 0 Å². The number of nitrogens with zero attached hydrogens (tertiary/aromatic N) is 1. The van der Waals surface area contributed by atoms with E-state index >= 15 is 0 Å². The van der Waals surface area contributed by atoms with Gasteiger partial charge in [-0.25, -0.2) is 0 Å². The molecule has 1 aliphatic heterocycles. The SMILES string of the molecule is CCOc1ccc(C[C@H](CNC(=O)C2CCN(C(=O)C3CC3)CC2)C(=O)OC)cc1. The molecular formula is C23H32N2O5. The van der Waals surface area contributed by atoms with Crippen molar-refractivity contribution in [2.45, 2.75) is 39.0 Å². The average Bonchev–Trinajstić information content (AvgIpc) is 3.62. The molecule has 0 bridgehead atoms. The minimum absolute atomic E-state index is 0.0471. The molecule has 30 heavy (non-hydrogen) atoms. The Bertz CT molecular complexity index is 736. The fourth-order valence-corrected chi connectivity index (χ4v) is 3.90. The third kappa shape index (κ3) is 5.97. The molecule has 0 radical (unpaired) electrons. The smallest absolute Gasteiger partial charge is 0.310 e. The van der Waals surface area contributed by atoms with Gasteiger partial charge in [0.15, 0.2) is 0 Å². The highest BCUT2D eigenvalue weighted by molar-refractivity contribution is 5.82. The van der Waals surface area contributed by atoms with Gasteiger partial charge in [-0.15, -0.1) is 0 Å². The summed E-state index contributed by atoms with van der Waals surface area (Å²) in [5, 5.41) is 2.93. The van der Waals surface area contributed by atoms with E-state index in [9.17, 15) is 14.4 Å². The van der Waals surface area contributed by atoms with Crippen LogP contribution < -0.4 is 10.1 Å². The molecule has 164 valence electrons. The van der Waals surface area contributed by atoms with E-state index in [1.165, 1.54) is 7.11 Å². The Hall–Kier alpha value is -2.57. The topological polar surface area (TPSA) is 84.9 Å². The van der Waals surface area contributed by atoms with Crippen LogP contribution >= 0.6 is 0 Å². The second-order valence-electron chi connectivity index (χ2n) is 8.12. The molecule has 7 nitrogen and oxygen atoms in total. The lowest BCUT2D eigenvalue weighted by atomic mass is 9.94. The number of carbonyl (C=O) groups excluding carboxylic acids is 3. The van der Waals surface area contributed by atoms with Crippen LogP contribution in [0.25, 0.3) is 0 Å². The summed E-state index contributed by atoms with van der Waals surface area (Å²) in [4.78, 5) is 38.9. The molecule has 2 aliphatic rings. The Labute approximate surface area is 178 Å². The number of nitrogens with one attached hydrogen (secondary N) is 1. The van der Waals surface area contributed by atoms with Gasteiger partial charge >= 0.3 is 5.97 Å². The molecule has 1 heterocycles. The van der Waals surface area contributed by atoms with Crippen LogP contribution in [0.4, 0.5) is 0 Å². The highest BCUT2D eigenvalue weighted by Gasteiger charge is 2.36. The van der Waals surface area contributed by atoms with Crippen molar-refractivity contribution in [2.75, 3.05) is 33.4 Å².